The van der Waals surface area contributed by atoms with Crippen LogP contribution < -0.4 is 5.32 Å². The summed E-state index contributed by atoms with van der Waals surface area (Å²) in [5, 5.41) is 14.7. The summed E-state index contributed by atoms with van der Waals surface area (Å²) < 4.78 is 2.01. The van der Waals surface area contributed by atoms with Crippen LogP contribution in [0.3, 0.4) is 0 Å². The molecule has 0 bridgehead atoms. The van der Waals surface area contributed by atoms with Gasteiger partial charge in [0.25, 0.3) is 0 Å². The zero-order chi connectivity index (χ0) is 22.3. The van der Waals surface area contributed by atoms with Gasteiger partial charge in [0.2, 0.25) is 0 Å². The summed E-state index contributed by atoms with van der Waals surface area (Å²) in [6, 6.07) is 15.3. The van der Waals surface area contributed by atoms with Crippen molar-refractivity contribution < 1.29 is 0 Å². The lowest BCUT2D eigenvalue weighted by Gasteiger charge is -2.36. The number of hydrogen-bond acceptors (Lipinski definition) is 4. The molecule has 2 heterocycles. The Bertz CT molecular complexity index is 1040. The number of rotatable bonds is 7. The lowest BCUT2D eigenvalue weighted by atomic mass is 10.0. The molecule has 7 nitrogen and oxygen atoms in total. The van der Waals surface area contributed by atoms with Crippen molar-refractivity contribution in [2.24, 2.45) is 12.0 Å². The third kappa shape index (κ3) is 5.27. The Morgan fingerprint density at radius 2 is 1.81 bits per heavy atom. The van der Waals surface area contributed by atoms with E-state index in [0.29, 0.717) is 6.54 Å². The molecular formula is C25H35N7. The van der Waals surface area contributed by atoms with Gasteiger partial charge in [-0.25, -0.2) is 4.99 Å². The third-order valence-electron chi connectivity index (χ3n) is 6.31. The second-order valence-corrected chi connectivity index (χ2v) is 8.54. The van der Waals surface area contributed by atoms with Crippen LogP contribution in [0.1, 0.15) is 37.0 Å². The molecule has 0 radical (unpaired) electrons. The van der Waals surface area contributed by atoms with E-state index in [9.17, 15) is 0 Å². The molecule has 0 atom stereocenters. The second kappa shape index (κ2) is 10.6. The summed E-state index contributed by atoms with van der Waals surface area (Å²) in [5.74, 6) is 2.80. The predicted octanol–water partition coefficient (Wildman–Crippen LogP) is 3.34. The molecule has 7 heteroatoms. The van der Waals surface area contributed by atoms with Crippen molar-refractivity contribution in [2.75, 3.05) is 32.7 Å². The summed E-state index contributed by atoms with van der Waals surface area (Å²) in [5.41, 5.74) is 1.41. The van der Waals surface area contributed by atoms with E-state index in [0.717, 1.165) is 63.3 Å². The van der Waals surface area contributed by atoms with Gasteiger partial charge in [-0.2, -0.15) is 0 Å². The molecule has 1 fully saturated rings. The first-order valence-electron chi connectivity index (χ1n) is 11.7. The highest BCUT2D eigenvalue weighted by molar-refractivity contribution is 5.85. The molecule has 0 saturated carbocycles. The van der Waals surface area contributed by atoms with Crippen molar-refractivity contribution in [3.05, 3.63) is 59.7 Å². The fraction of sp³-hybridized carbons (Fsp3) is 0.480. The summed E-state index contributed by atoms with van der Waals surface area (Å²) in [6.45, 7) is 10.7. The van der Waals surface area contributed by atoms with E-state index >= 15 is 0 Å². The molecule has 2 aromatic carbocycles. The van der Waals surface area contributed by atoms with Crippen molar-refractivity contribution in [1.82, 2.24) is 29.9 Å². The van der Waals surface area contributed by atoms with Crippen LogP contribution >= 0.6 is 0 Å². The standard InChI is InChI=1S/C25H35N7/c1-4-5-13-26-25(27-18-24-29-28-20(2)30(24)3)32-16-14-31(15-17-32)19-22-11-8-10-21-9-6-7-12-23(21)22/h6-12H,4-5,13-19H2,1-3H3,(H,26,27). The average molecular weight is 434 g/mol. The lowest BCUT2D eigenvalue weighted by molar-refractivity contribution is 0.173. The van der Waals surface area contributed by atoms with Gasteiger partial charge in [0.15, 0.2) is 11.8 Å². The molecule has 0 amide bonds. The first-order chi connectivity index (χ1) is 15.7. The van der Waals surface area contributed by atoms with Crippen LogP contribution in [0, 0.1) is 6.92 Å². The maximum absolute atomic E-state index is 4.90. The quantitative estimate of drug-likeness (QED) is 0.352. The highest BCUT2D eigenvalue weighted by Gasteiger charge is 2.20. The smallest absolute Gasteiger partial charge is 0.194 e. The average Bonchev–Trinajstić information content (AvgIpc) is 3.14. The van der Waals surface area contributed by atoms with E-state index in [-0.39, 0.29) is 0 Å². The minimum atomic E-state index is 0.544. The van der Waals surface area contributed by atoms with Crippen LogP contribution in [-0.2, 0) is 20.1 Å². The number of aromatic nitrogens is 3. The molecule has 1 aliphatic heterocycles. The topological polar surface area (TPSA) is 61.6 Å². The fourth-order valence-electron chi connectivity index (χ4n) is 4.17. The maximum atomic E-state index is 4.90. The van der Waals surface area contributed by atoms with E-state index in [1.54, 1.807) is 0 Å². The SMILES string of the molecule is CCCCNC(=NCc1nnc(C)n1C)N1CCN(Cc2cccc3ccccc23)CC1. The first kappa shape index (κ1) is 22.3. The van der Waals surface area contributed by atoms with Gasteiger partial charge in [0.05, 0.1) is 0 Å². The number of guanidine groups is 1. The zero-order valence-electron chi connectivity index (χ0n) is 19.6. The molecule has 1 saturated heterocycles. The van der Waals surface area contributed by atoms with Crippen molar-refractivity contribution in [2.45, 2.75) is 39.8 Å². The largest absolute Gasteiger partial charge is 0.356 e. The lowest BCUT2D eigenvalue weighted by Crippen LogP contribution is -2.52. The van der Waals surface area contributed by atoms with Gasteiger partial charge in [-0.3, -0.25) is 4.90 Å². The minimum absolute atomic E-state index is 0.544. The molecule has 0 spiro atoms. The molecule has 32 heavy (non-hydrogen) atoms. The summed E-state index contributed by atoms with van der Waals surface area (Å²) >= 11 is 0. The number of benzene rings is 2. The van der Waals surface area contributed by atoms with Crippen molar-refractivity contribution in [3.63, 3.8) is 0 Å². The Kier molecular flexibility index (Phi) is 7.37. The Labute approximate surface area is 191 Å². The molecule has 0 aliphatic carbocycles. The molecule has 3 aromatic rings. The van der Waals surface area contributed by atoms with Crippen LogP contribution in [0.15, 0.2) is 47.5 Å². The fourth-order valence-corrected chi connectivity index (χ4v) is 4.17. The molecule has 1 N–H and O–H groups in total. The van der Waals surface area contributed by atoms with Crippen molar-refractivity contribution >= 4 is 16.7 Å². The van der Waals surface area contributed by atoms with E-state index in [1.165, 1.54) is 22.8 Å². The Balaban J connectivity index is 1.40. The molecule has 1 aromatic heterocycles. The van der Waals surface area contributed by atoms with Gasteiger partial charge in [-0.1, -0.05) is 55.8 Å². The second-order valence-electron chi connectivity index (χ2n) is 8.54. The highest BCUT2D eigenvalue weighted by atomic mass is 15.4. The summed E-state index contributed by atoms with van der Waals surface area (Å²) in [7, 11) is 2.00. The van der Waals surface area contributed by atoms with Crippen LogP contribution in [0.2, 0.25) is 0 Å². The Morgan fingerprint density at radius 3 is 2.56 bits per heavy atom. The number of hydrogen-bond donors (Lipinski definition) is 1. The molecule has 0 unspecified atom stereocenters. The van der Waals surface area contributed by atoms with Gasteiger partial charge in [-0.05, 0) is 29.7 Å². The van der Waals surface area contributed by atoms with Gasteiger partial charge in [0, 0.05) is 46.3 Å². The molecule has 1 aliphatic rings. The van der Waals surface area contributed by atoms with Crippen LogP contribution in [0.5, 0.6) is 0 Å². The monoisotopic (exact) mass is 433 g/mol. The predicted molar refractivity (Wildman–Crippen MR) is 131 cm³/mol. The zero-order valence-corrected chi connectivity index (χ0v) is 19.6. The van der Waals surface area contributed by atoms with Crippen molar-refractivity contribution in [1.29, 1.82) is 0 Å². The highest BCUT2D eigenvalue weighted by Crippen LogP contribution is 2.20. The normalized spacial score (nSPS) is 15.5. The molecule has 4 rings (SSSR count). The number of nitrogens with one attached hydrogen (secondary N) is 1. The Hall–Kier alpha value is -2.93. The number of unbranched alkanes of at least 4 members (excludes halogenated alkanes) is 1. The van der Waals surface area contributed by atoms with Crippen LogP contribution in [0.4, 0.5) is 0 Å². The number of piperazine rings is 1. The molecular weight excluding hydrogens is 398 g/mol. The van der Waals surface area contributed by atoms with Crippen LogP contribution in [0.25, 0.3) is 10.8 Å². The number of aryl methyl sites for hydroxylation is 1. The van der Waals surface area contributed by atoms with E-state index in [1.807, 2.05) is 18.5 Å². The van der Waals surface area contributed by atoms with Crippen LogP contribution in [-0.4, -0.2) is 63.2 Å². The van der Waals surface area contributed by atoms with Gasteiger partial charge in [0.1, 0.15) is 12.4 Å². The van der Waals surface area contributed by atoms with Gasteiger partial charge < -0.3 is 14.8 Å². The minimum Gasteiger partial charge on any atom is -0.356 e. The number of nitrogens with zero attached hydrogens (tertiary/aromatic N) is 6. The number of aliphatic imine (C=N–C) groups is 1. The van der Waals surface area contributed by atoms with E-state index < -0.39 is 0 Å². The van der Waals surface area contributed by atoms with Gasteiger partial charge >= 0.3 is 0 Å². The molecule has 170 valence electrons. The van der Waals surface area contributed by atoms with Gasteiger partial charge in [-0.15, -0.1) is 10.2 Å². The summed E-state index contributed by atoms with van der Waals surface area (Å²) in [6.07, 6.45) is 2.31. The third-order valence-corrected chi connectivity index (χ3v) is 6.31. The number of fused-ring (bicyclic) bond motifs is 1. The Morgan fingerprint density at radius 1 is 1.03 bits per heavy atom. The summed E-state index contributed by atoms with van der Waals surface area (Å²) in [4.78, 5) is 9.84. The first-order valence-corrected chi connectivity index (χ1v) is 11.7. The maximum Gasteiger partial charge on any atom is 0.194 e. The van der Waals surface area contributed by atoms with Crippen molar-refractivity contribution in [3.8, 4) is 0 Å². The van der Waals surface area contributed by atoms with E-state index in [4.69, 9.17) is 4.99 Å². The van der Waals surface area contributed by atoms with E-state index in [2.05, 4.69) is 74.7 Å².